The minimum atomic E-state index is -4.49. The van der Waals surface area contributed by atoms with Gasteiger partial charge in [-0.1, -0.05) is 27.2 Å². The van der Waals surface area contributed by atoms with Gasteiger partial charge in [-0.2, -0.15) is 13.2 Å². The second kappa shape index (κ2) is 4.67. The van der Waals surface area contributed by atoms with Gasteiger partial charge in [0.05, 0.1) is 5.56 Å². The van der Waals surface area contributed by atoms with Crippen LogP contribution in [0.15, 0.2) is 18.2 Å². The molecule has 0 aliphatic rings. The summed E-state index contributed by atoms with van der Waals surface area (Å²) >= 11 is 0. The minimum absolute atomic E-state index is 0.128. The van der Waals surface area contributed by atoms with Gasteiger partial charge in [0.25, 0.3) is 0 Å². The molecule has 0 saturated heterocycles. The molecule has 0 nitrogen and oxygen atoms in total. The van der Waals surface area contributed by atoms with Crippen molar-refractivity contribution >= 4 is 0 Å². The van der Waals surface area contributed by atoms with Crippen molar-refractivity contribution in [3.05, 3.63) is 35.1 Å². The van der Waals surface area contributed by atoms with Gasteiger partial charge >= 0.3 is 6.18 Å². The van der Waals surface area contributed by atoms with Crippen molar-refractivity contribution in [1.29, 1.82) is 0 Å². The van der Waals surface area contributed by atoms with E-state index in [2.05, 4.69) is 0 Å². The Balaban J connectivity index is 3.06. The third-order valence-corrected chi connectivity index (χ3v) is 2.92. The van der Waals surface area contributed by atoms with Crippen LogP contribution in [0, 0.1) is 11.2 Å². The summed E-state index contributed by atoms with van der Waals surface area (Å²) < 4.78 is 50.6. The van der Waals surface area contributed by atoms with Crippen molar-refractivity contribution in [3.8, 4) is 0 Å². The van der Waals surface area contributed by atoms with Gasteiger partial charge in [0.15, 0.2) is 0 Å². The summed E-state index contributed by atoms with van der Waals surface area (Å²) in [5, 5.41) is 0. The van der Waals surface area contributed by atoms with Crippen molar-refractivity contribution < 1.29 is 17.6 Å². The summed E-state index contributed by atoms with van der Waals surface area (Å²) in [4.78, 5) is 0. The molecule has 0 N–H and O–H groups in total. The zero-order valence-corrected chi connectivity index (χ0v) is 10.2. The first-order valence-corrected chi connectivity index (χ1v) is 5.51. The summed E-state index contributed by atoms with van der Waals surface area (Å²) in [5.74, 6) is -0.832. The number of alkyl halides is 3. The fourth-order valence-electron chi connectivity index (χ4n) is 1.59. The molecule has 0 amide bonds. The van der Waals surface area contributed by atoms with Crippen molar-refractivity contribution in [1.82, 2.24) is 0 Å². The number of benzene rings is 1. The topological polar surface area (TPSA) is 0 Å². The highest BCUT2D eigenvalue weighted by atomic mass is 19.4. The van der Waals surface area contributed by atoms with Crippen LogP contribution in [0.5, 0.6) is 0 Å². The van der Waals surface area contributed by atoms with Crippen molar-refractivity contribution in [3.63, 3.8) is 0 Å². The van der Waals surface area contributed by atoms with E-state index in [-0.39, 0.29) is 5.41 Å². The lowest BCUT2D eigenvalue weighted by Crippen LogP contribution is -2.14. The molecule has 0 aromatic heterocycles. The molecule has 1 rings (SSSR count). The maximum atomic E-state index is 13.1. The Morgan fingerprint density at radius 1 is 1.06 bits per heavy atom. The summed E-state index contributed by atoms with van der Waals surface area (Å²) in [6, 6.07) is 2.73. The highest BCUT2D eigenvalue weighted by Crippen LogP contribution is 2.32. The second-order valence-corrected chi connectivity index (χ2v) is 5.04. The molecule has 0 fully saturated rings. The summed E-state index contributed by atoms with van der Waals surface area (Å²) in [7, 11) is 0. The van der Waals surface area contributed by atoms with Crippen LogP contribution in [-0.2, 0) is 12.6 Å². The monoisotopic (exact) mass is 248 g/mol. The highest BCUT2D eigenvalue weighted by molar-refractivity contribution is 5.27. The lowest BCUT2D eigenvalue weighted by molar-refractivity contribution is -0.137. The Hall–Kier alpha value is -1.06. The molecule has 0 unspecified atom stereocenters. The first kappa shape index (κ1) is 14.0. The zero-order valence-electron chi connectivity index (χ0n) is 10.2. The van der Waals surface area contributed by atoms with Gasteiger partial charge in [-0.15, -0.1) is 0 Å². The van der Waals surface area contributed by atoms with E-state index in [9.17, 15) is 17.6 Å². The summed E-state index contributed by atoms with van der Waals surface area (Å²) in [6.45, 7) is 5.86. The Morgan fingerprint density at radius 2 is 1.65 bits per heavy atom. The molecule has 1 aromatic carbocycles. The first-order chi connectivity index (χ1) is 7.64. The number of halogens is 4. The number of hydrogen-bond donors (Lipinski definition) is 0. The maximum Gasteiger partial charge on any atom is 0.416 e. The zero-order chi connectivity index (χ0) is 13.3. The highest BCUT2D eigenvalue weighted by Gasteiger charge is 2.31. The molecular weight excluding hydrogens is 232 g/mol. The molecule has 0 atom stereocenters. The smallest absolute Gasteiger partial charge is 0.207 e. The number of rotatable bonds is 3. The average Bonchev–Trinajstić information content (AvgIpc) is 2.14. The maximum absolute atomic E-state index is 13.1. The Bertz CT molecular complexity index is 391. The van der Waals surface area contributed by atoms with E-state index in [4.69, 9.17) is 0 Å². The minimum Gasteiger partial charge on any atom is -0.207 e. The molecule has 0 aliphatic heterocycles. The van der Waals surface area contributed by atoms with Crippen LogP contribution in [0.1, 0.15) is 38.3 Å². The predicted octanol–water partition coefficient (Wildman–Crippen LogP) is 4.82. The van der Waals surface area contributed by atoms with Crippen LogP contribution in [-0.4, -0.2) is 0 Å². The molecule has 96 valence electrons. The second-order valence-electron chi connectivity index (χ2n) is 5.04. The van der Waals surface area contributed by atoms with Crippen molar-refractivity contribution in [2.45, 2.75) is 39.8 Å². The van der Waals surface area contributed by atoms with E-state index < -0.39 is 17.6 Å². The van der Waals surface area contributed by atoms with Gasteiger partial charge in [-0.25, -0.2) is 4.39 Å². The van der Waals surface area contributed by atoms with Gasteiger partial charge in [0, 0.05) is 0 Å². The lowest BCUT2D eigenvalue weighted by atomic mass is 9.83. The molecule has 0 spiro atoms. The van der Waals surface area contributed by atoms with E-state index in [1.807, 2.05) is 20.8 Å². The normalized spacial score (nSPS) is 12.9. The van der Waals surface area contributed by atoms with Crippen molar-refractivity contribution in [2.75, 3.05) is 0 Å². The molecule has 4 heteroatoms. The van der Waals surface area contributed by atoms with Gasteiger partial charge < -0.3 is 0 Å². The molecule has 0 bridgehead atoms. The molecule has 0 saturated carbocycles. The van der Waals surface area contributed by atoms with Gasteiger partial charge in [-0.3, -0.25) is 0 Å². The van der Waals surface area contributed by atoms with Crippen LogP contribution >= 0.6 is 0 Å². The van der Waals surface area contributed by atoms with Gasteiger partial charge in [0.1, 0.15) is 5.82 Å². The van der Waals surface area contributed by atoms with Gasteiger partial charge in [0.2, 0.25) is 0 Å². The van der Waals surface area contributed by atoms with Crippen LogP contribution in [0.25, 0.3) is 0 Å². The van der Waals surface area contributed by atoms with Crippen LogP contribution in [0.3, 0.4) is 0 Å². The third-order valence-electron chi connectivity index (χ3n) is 2.92. The van der Waals surface area contributed by atoms with E-state index in [0.29, 0.717) is 18.1 Å². The van der Waals surface area contributed by atoms with Crippen LogP contribution in [0.2, 0.25) is 0 Å². The fourth-order valence-corrected chi connectivity index (χ4v) is 1.59. The fraction of sp³-hybridized carbons (Fsp3) is 0.538. The first-order valence-electron chi connectivity index (χ1n) is 5.51. The molecular formula is C13H16F4. The van der Waals surface area contributed by atoms with E-state index in [1.54, 1.807) is 0 Å². The standard InChI is InChI=1S/C13H16F4/c1-4-12(2,3)8-9-5-10(13(15,16)17)7-11(14)6-9/h5-7H,4,8H2,1-3H3. The quantitative estimate of drug-likeness (QED) is 0.672. The van der Waals surface area contributed by atoms with E-state index >= 15 is 0 Å². The molecule has 17 heavy (non-hydrogen) atoms. The molecule has 0 aliphatic carbocycles. The molecule has 0 radical (unpaired) electrons. The van der Waals surface area contributed by atoms with Gasteiger partial charge in [-0.05, 0) is 35.6 Å². The van der Waals surface area contributed by atoms with E-state index in [0.717, 1.165) is 12.5 Å². The predicted molar refractivity (Wildman–Crippen MR) is 59.2 cm³/mol. The van der Waals surface area contributed by atoms with Crippen LogP contribution in [0.4, 0.5) is 17.6 Å². The SMILES string of the molecule is CCC(C)(C)Cc1cc(F)cc(C(F)(F)F)c1. The average molecular weight is 248 g/mol. The lowest BCUT2D eigenvalue weighted by Gasteiger charge is -2.23. The molecule has 1 aromatic rings. The summed E-state index contributed by atoms with van der Waals surface area (Å²) in [5.41, 5.74) is -0.653. The Kier molecular flexibility index (Phi) is 3.84. The number of hydrogen-bond acceptors (Lipinski definition) is 0. The molecule has 0 heterocycles. The Morgan fingerprint density at radius 3 is 2.12 bits per heavy atom. The summed E-state index contributed by atoms with van der Waals surface area (Å²) in [6.07, 6.45) is -3.23. The Labute approximate surface area is 98.6 Å². The largest absolute Gasteiger partial charge is 0.416 e. The van der Waals surface area contributed by atoms with E-state index in [1.165, 1.54) is 6.07 Å². The van der Waals surface area contributed by atoms with Crippen LogP contribution < -0.4 is 0 Å². The van der Waals surface area contributed by atoms with Crippen molar-refractivity contribution in [2.24, 2.45) is 5.41 Å². The third kappa shape index (κ3) is 4.02.